The monoisotopic (exact) mass is 210 g/mol. The molecule has 1 aliphatic rings. The molecule has 0 aromatic heterocycles. The van der Waals surface area contributed by atoms with Crippen LogP contribution < -0.4 is 10.6 Å². The zero-order valence-electron chi connectivity index (χ0n) is 8.54. The van der Waals surface area contributed by atoms with Crippen LogP contribution in [0.3, 0.4) is 0 Å². The second-order valence-corrected chi connectivity index (χ2v) is 3.79. The van der Waals surface area contributed by atoms with Gasteiger partial charge in [-0.2, -0.15) is 0 Å². The van der Waals surface area contributed by atoms with Crippen LogP contribution in [0.15, 0.2) is 0 Å². The summed E-state index contributed by atoms with van der Waals surface area (Å²) < 4.78 is 0. The van der Waals surface area contributed by atoms with Gasteiger partial charge in [0.2, 0.25) is 0 Å². The van der Waals surface area contributed by atoms with Crippen molar-refractivity contribution in [2.75, 3.05) is 6.54 Å². The lowest BCUT2D eigenvalue weighted by Gasteiger charge is -2.25. The number of rotatable bonds is 4. The van der Waals surface area contributed by atoms with Crippen molar-refractivity contribution >= 4 is 12.0 Å². The highest BCUT2D eigenvalue weighted by atomic mass is 16.4. The molecule has 1 rings (SSSR count). The molecule has 5 nitrogen and oxygen atoms in total. The van der Waals surface area contributed by atoms with Crippen LogP contribution >= 0.6 is 0 Å². The maximum absolute atomic E-state index is 11.3. The molecule has 0 aromatic rings. The van der Waals surface area contributed by atoms with E-state index in [2.05, 4.69) is 16.6 Å². The highest BCUT2D eigenvalue weighted by Crippen LogP contribution is 2.39. The lowest BCUT2D eigenvalue weighted by Crippen LogP contribution is -2.56. The number of nitrogens with one attached hydrogen (secondary N) is 2. The summed E-state index contributed by atoms with van der Waals surface area (Å²) in [6.07, 6.45) is 6.63. The third-order valence-electron chi connectivity index (χ3n) is 2.56. The molecule has 0 spiro atoms. The summed E-state index contributed by atoms with van der Waals surface area (Å²) in [7, 11) is 0. The summed E-state index contributed by atoms with van der Waals surface area (Å²) in [6.45, 7) is 1.61. The molecule has 0 aromatic carbocycles. The summed E-state index contributed by atoms with van der Waals surface area (Å²) in [5, 5.41) is 13.9. The molecule has 2 amide bonds. The Morgan fingerprint density at radius 1 is 1.60 bits per heavy atom. The zero-order valence-corrected chi connectivity index (χ0v) is 8.54. The Morgan fingerprint density at radius 2 is 2.20 bits per heavy atom. The Morgan fingerprint density at radius 3 is 2.60 bits per heavy atom. The van der Waals surface area contributed by atoms with Gasteiger partial charge >= 0.3 is 12.0 Å². The summed E-state index contributed by atoms with van der Waals surface area (Å²) >= 11 is 0. The number of urea groups is 1. The minimum absolute atomic E-state index is 0.0200. The van der Waals surface area contributed by atoms with Gasteiger partial charge in [-0.05, 0) is 25.7 Å². The van der Waals surface area contributed by atoms with E-state index in [1.807, 2.05) is 0 Å². The number of carboxylic acid groups (broad SMARTS) is 1. The molecule has 0 saturated heterocycles. The number of aliphatic carboxylic acids is 1. The quantitative estimate of drug-likeness (QED) is 0.579. The molecule has 3 N–H and O–H groups in total. The minimum atomic E-state index is -1.18. The van der Waals surface area contributed by atoms with E-state index in [0.29, 0.717) is 0 Å². The summed E-state index contributed by atoms with van der Waals surface area (Å²) in [5.41, 5.74) is -1.18. The van der Waals surface area contributed by atoms with Gasteiger partial charge in [0.15, 0.2) is 0 Å². The average Bonchev–Trinajstić information content (AvgIpc) is 2.97. The smallest absolute Gasteiger partial charge is 0.329 e. The Balaban J connectivity index is 2.56. The van der Waals surface area contributed by atoms with Crippen LogP contribution in [0.1, 0.15) is 19.8 Å². The lowest BCUT2D eigenvalue weighted by atomic mass is 9.96. The van der Waals surface area contributed by atoms with Crippen molar-refractivity contribution in [3.8, 4) is 12.3 Å². The number of carboxylic acids is 1. The number of carbonyl (C=O) groups excluding carboxylic acids is 1. The molecule has 1 atom stereocenters. The van der Waals surface area contributed by atoms with Crippen molar-refractivity contribution in [3.05, 3.63) is 0 Å². The molecule has 82 valence electrons. The van der Waals surface area contributed by atoms with E-state index >= 15 is 0 Å². The molecule has 0 aliphatic heterocycles. The van der Waals surface area contributed by atoms with Gasteiger partial charge in [0.05, 0.1) is 6.54 Å². The Hall–Kier alpha value is -1.70. The number of hydrogen-bond donors (Lipinski definition) is 3. The van der Waals surface area contributed by atoms with Crippen LogP contribution in [0, 0.1) is 18.3 Å². The predicted molar refractivity (Wildman–Crippen MR) is 54.1 cm³/mol. The SMILES string of the molecule is C#CCNC(=O)NC(C)(C(=O)O)C1CC1. The molecule has 0 bridgehead atoms. The van der Waals surface area contributed by atoms with Gasteiger partial charge in [0, 0.05) is 0 Å². The van der Waals surface area contributed by atoms with Gasteiger partial charge in [-0.15, -0.1) is 6.42 Å². The largest absolute Gasteiger partial charge is 0.480 e. The average molecular weight is 210 g/mol. The van der Waals surface area contributed by atoms with E-state index < -0.39 is 17.5 Å². The third kappa shape index (κ3) is 2.62. The summed E-state index contributed by atoms with van der Waals surface area (Å²) in [6, 6.07) is -0.537. The molecule has 1 aliphatic carbocycles. The summed E-state index contributed by atoms with van der Waals surface area (Å²) in [5.74, 6) is 1.25. The Bertz CT molecular complexity index is 317. The fourth-order valence-electron chi connectivity index (χ4n) is 1.40. The minimum Gasteiger partial charge on any atom is -0.480 e. The molecule has 1 fully saturated rings. The van der Waals surface area contributed by atoms with E-state index in [-0.39, 0.29) is 12.5 Å². The predicted octanol–water partition coefficient (Wildman–Crippen LogP) is 0.172. The van der Waals surface area contributed by atoms with Crippen molar-refractivity contribution in [2.24, 2.45) is 5.92 Å². The van der Waals surface area contributed by atoms with Crippen molar-refractivity contribution < 1.29 is 14.7 Å². The first-order valence-corrected chi connectivity index (χ1v) is 4.73. The fourth-order valence-corrected chi connectivity index (χ4v) is 1.40. The number of amides is 2. The van der Waals surface area contributed by atoms with E-state index in [1.165, 1.54) is 6.92 Å². The van der Waals surface area contributed by atoms with Crippen LogP contribution in [-0.4, -0.2) is 29.2 Å². The van der Waals surface area contributed by atoms with Crippen molar-refractivity contribution in [1.82, 2.24) is 10.6 Å². The number of hydrogen-bond acceptors (Lipinski definition) is 2. The second kappa shape index (κ2) is 4.22. The topological polar surface area (TPSA) is 78.4 Å². The zero-order chi connectivity index (χ0) is 11.5. The van der Waals surface area contributed by atoms with Crippen molar-refractivity contribution in [2.45, 2.75) is 25.3 Å². The molecule has 0 radical (unpaired) electrons. The molecular weight excluding hydrogens is 196 g/mol. The number of carbonyl (C=O) groups is 2. The second-order valence-electron chi connectivity index (χ2n) is 3.79. The molecule has 5 heteroatoms. The van der Waals surface area contributed by atoms with Crippen LogP contribution in [-0.2, 0) is 4.79 Å². The van der Waals surface area contributed by atoms with E-state index in [4.69, 9.17) is 11.5 Å². The highest BCUT2D eigenvalue weighted by Gasteiger charge is 2.48. The maximum Gasteiger partial charge on any atom is 0.329 e. The van der Waals surface area contributed by atoms with Crippen LogP contribution in [0.2, 0.25) is 0 Å². The van der Waals surface area contributed by atoms with Gasteiger partial charge in [0.25, 0.3) is 0 Å². The van der Waals surface area contributed by atoms with E-state index in [0.717, 1.165) is 12.8 Å². The van der Waals surface area contributed by atoms with Crippen molar-refractivity contribution in [1.29, 1.82) is 0 Å². The van der Waals surface area contributed by atoms with E-state index in [1.54, 1.807) is 0 Å². The van der Waals surface area contributed by atoms with Gasteiger partial charge in [-0.1, -0.05) is 5.92 Å². The van der Waals surface area contributed by atoms with Crippen LogP contribution in [0.5, 0.6) is 0 Å². The summed E-state index contributed by atoms with van der Waals surface area (Å²) in [4.78, 5) is 22.3. The molecule has 1 unspecified atom stereocenters. The van der Waals surface area contributed by atoms with Crippen LogP contribution in [0.4, 0.5) is 4.79 Å². The highest BCUT2D eigenvalue weighted by molar-refractivity contribution is 5.86. The Labute approximate surface area is 88.2 Å². The molecule has 15 heavy (non-hydrogen) atoms. The molecule has 1 saturated carbocycles. The number of terminal acetylenes is 1. The normalized spacial score (nSPS) is 18.4. The van der Waals surface area contributed by atoms with Gasteiger partial charge in [0.1, 0.15) is 5.54 Å². The van der Waals surface area contributed by atoms with E-state index in [9.17, 15) is 9.59 Å². The third-order valence-corrected chi connectivity index (χ3v) is 2.56. The maximum atomic E-state index is 11.3. The Kier molecular flexibility index (Phi) is 3.20. The van der Waals surface area contributed by atoms with Gasteiger partial charge < -0.3 is 15.7 Å². The van der Waals surface area contributed by atoms with Crippen LogP contribution in [0.25, 0.3) is 0 Å². The molecular formula is C10H14N2O3. The lowest BCUT2D eigenvalue weighted by molar-refractivity contribution is -0.144. The first kappa shape index (κ1) is 11.4. The fraction of sp³-hybridized carbons (Fsp3) is 0.600. The first-order valence-electron chi connectivity index (χ1n) is 4.73. The standard InChI is InChI=1S/C10H14N2O3/c1-3-6-11-9(15)12-10(2,8(13)14)7-4-5-7/h1,7H,4-6H2,2H3,(H,13,14)(H2,11,12,15). The first-order chi connectivity index (χ1) is 7.00. The molecule has 0 heterocycles. The van der Waals surface area contributed by atoms with Gasteiger partial charge in [-0.3, -0.25) is 0 Å². The van der Waals surface area contributed by atoms with Gasteiger partial charge in [-0.25, -0.2) is 9.59 Å². The van der Waals surface area contributed by atoms with Crippen molar-refractivity contribution in [3.63, 3.8) is 0 Å².